The van der Waals surface area contributed by atoms with Gasteiger partial charge in [0.25, 0.3) is 10.0 Å². The van der Waals surface area contributed by atoms with Crippen molar-refractivity contribution in [2.45, 2.75) is 43.7 Å². The predicted molar refractivity (Wildman–Crippen MR) is 201 cm³/mol. The number of unbranched alkanes of at least 4 members (excludes halogenated alkanes) is 1. The molecule has 0 aliphatic carbocycles. The minimum atomic E-state index is -4.52. The highest BCUT2D eigenvalue weighted by molar-refractivity contribution is 7.92. The number of hydrogen-bond donors (Lipinski definition) is 1. The molecule has 0 aliphatic rings. The van der Waals surface area contributed by atoms with Gasteiger partial charge >= 0.3 is 0 Å². The Hall–Kier alpha value is -4.16. The lowest BCUT2D eigenvalue weighted by Crippen LogP contribution is -2.53. The number of amides is 2. The molecule has 51 heavy (non-hydrogen) atoms. The Balaban J connectivity index is 1.88. The summed E-state index contributed by atoms with van der Waals surface area (Å²) >= 11 is 19.0. The summed E-state index contributed by atoms with van der Waals surface area (Å²) in [5.74, 6) is -0.458. The number of nitrogens with zero attached hydrogens (tertiary/aromatic N) is 2. The molecule has 4 aromatic rings. The second kappa shape index (κ2) is 18.4. The monoisotopic (exact) mass is 775 g/mol. The first-order chi connectivity index (χ1) is 24.4. The molecule has 14 heteroatoms. The van der Waals surface area contributed by atoms with Crippen molar-refractivity contribution in [3.05, 3.63) is 111 Å². The van der Waals surface area contributed by atoms with Crippen LogP contribution < -0.4 is 23.8 Å². The van der Waals surface area contributed by atoms with E-state index in [9.17, 15) is 18.0 Å². The molecule has 2 amide bonds. The van der Waals surface area contributed by atoms with Crippen LogP contribution in [0.3, 0.4) is 0 Å². The average molecular weight is 777 g/mol. The van der Waals surface area contributed by atoms with Gasteiger partial charge in [-0.15, -0.1) is 0 Å². The second-order valence-corrected chi connectivity index (χ2v) is 14.6. The maximum Gasteiger partial charge on any atom is 0.265 e. The average Bonchev–Trinajstić information content (AvgIpc) is 3.13. The molecule has 0 bridgehead atoms. The molecule has 0 saturated carbocycles. The molecule has 0 spiro atoms. The highest BCUT2D eigenvalue weighted by Gasteiger charge is 2.36. The summed E-state index contributed by atoms with van der Waals surface area (Å²) in [4.78, 5) is 30.0. The smallest absolute Gasteiger partial charge is 0.265 e. The van der Waals surface area contributed by atoms with E-state index in [1.807, 2.05) is 37.3 Å². The number of anilines is 1. The number of benzene rings is 4. The number of carbonyl (C=O) groups excluding carboxylic acids is 2. The third-order valence-electron chi connectivity index (χ3n) is 8.07. The number of rotatable bonds is 17. The zero-order chi connectivity index (χ0) is 37.1. The number of ether oxygens (including phenoxy) is 3. The van der Waals surface area contributed by atoms with E-state index >= 15 is 0 Å². The molecule has 1 unspecified atom stereocenters. The maximum absolute atomic E-state index is 14.8. The molecular formula is C37H40Cl3N3O7S. The van der Waals surface area contributed by atoms with Gasteiger partial charge in [0.2, 0.25) is 11.8 Å². The molecule has 0 radical (unpaired) electrons. The Bertz CT molecular complexity index is 1930. The Kier molecular flexibility index (Phi) is 14.3. The molecular weight excluding hydrogens is 737 g/mol. The highest BCUT2D eigenvalue weighted by atomic mass is 35.5. The first-order valence-electron chi connectivity index (χ1n) is 16.1. The third-order valence-corrected chi connectivity index (χ3v) is 10.8. The second-order valence-electron chi connectivity index (χ2n) is 11.5. The molecule has 0 aliphatic heterocycles. The van der Waals surface area contributed by atoms with Gasteiger partial charge in [0.15, 0.2) is 11.5 Å². The largest absolute Gasteiger partial charge is 0.495 e. The van der Waals surface area contributed by atoms with Crippen LogP contribution in [-0.4, -0.2) is 65.6 Å². The van der Waals surface area contributed by atoms with Crippen LogP contribution in [0.5, 0.6) is 17.2 Å². The lowest BCUT2D eigenvalue weighted by atomic mass is 10.0. The number of nitrogens with one attached hydrogen (secondary N) is 1. The van der Waals surface area contributed by atoms with Gasteiger partial charge in [-0.25, -0.2) is 8.42 Å². The standard InChI is InChI=1S/C37H40Cl3N3O7S/c1-5-6-18-41-37(45)32(20-25-10-8-7-9-11-25)42(23-26-12-15-29(39)30(40)19-26)36(44)24-43(31-21-27(38)13-16-33(31)48-2)51(46,47)28-14-17-34(49-3)35(22-28)50-4/h7-17,19,21-22,32H,5-6,18,20,23-24H2,1-4H3,(H,41,45). The van der Waals surface area contributed by atoms with Crippen molar-refractivity contribution >= 4 is 62.3 Å². The molecule has 4 rings (SSSR count). The molecule has 0 aromatic heterocycles. The fourth-order valence-electron chi connectivity index (χ4n) is 5.37. The summed E-state index contributed by atoms with van der Waals surface area (Å²) < 4.78 is 46.4. The molecule has 0 heterocycles. The van der Waals surface area contributed by atoms with Gasteiger partial charge in [-0.05, 0) is 60.0 Å². The quantitative estimate of drug-likeness (QED) is 0.111. The van der Waals surface area contributed by atoms with Crippen LogP contribution in [0.1, 0.15) is 30.9 Å². The van der Waals surface area contributed by atoms with E-state index < -0.39 is 34.4 Å². The topological polar surface area (TPSA) is 114 Å². The third kappa shape index (κ3) is 10.0. The highest BCUT2D eigenvalue weighted by Crippen LogP contribution is 2.37. The summed E-state index contributed by atoms with van der Waals surface area (Å²) in [6.45, 7) is 1.58. The van der Waals surface area contributed by atoms with E-state index in [2.05, 4.69) is 5.32 Å². The van der Waals surface area contributed by atoms with E-state index in [4.69, 9.17) is 49.0 Å². The molecule has 1 atom stereocenters. The van der Waals surface area contributed by atoms with Crippen molar-refractivity contribution in [1.82, 2.24) is 10.2 Å². The Morgan fingerprint density at radius 3 is 2.12 bits per heavy atom. The summed E-state index contributed by atoms with van der Waals surface area (Å²) in [5, 5.41) is 3.74. The van der Waals surface area contributed by atoms with E-state index in [0.29, 0.717) is 22.9 Å². The predicted octanol–water partition coefficient (Wildman–Crippen LogP) is 7.42. The number of halogens is 3. The Morgan fingerprint density at radius 2 is 1.47 bits per heavy atom. The van der Waals surface area contributed by atoms with Crippen LogP contribution in [0.25, 0.3) is 0 Å². The van der Waals surface area contributed by atoms with Crippen LogP contribution in [0, 0.1) is 0 Å². The summed E-state index contributed by atoms with van der Waals surface area (Å²) in [7, 11) is -0.332. The minimum Gasteiger partial charge on any atom is -0.495 e. The van der Waals surface area contributed by atoms with Crippen molar-refractivity contribution < 1.29 is 32.2 Å². The van der Waals surface area contributed by atoms with Crippen LogP contribution in [0.4, 0.5) is 5.69 Å². The van der Waals surface area contributed by atoms with Crippen LogP contribution in [0.15, 0.2) is 89.8 Å². The van der Waals surface area contributed by atoms with Crippen LogP contribution >= 0.6 is 34.8 Å². The van der Waals surface area contributed by atoms with Crippen molar-refractivity contribution in [2.24, 2.45) is 0 Å². The lowest BCUT2D eigenvalue weighted by Gasteiger charge is -2.34. The van der Waals surface area contributed by atoms with Gasteiger partial charge in [-0.1, -0.05) is 84.5 Å². The Morgan fingerprint density at radius 1 is 0.784 bits per heavy atom. The first kappa shape index (κ1) is 39.6. The van der Waals surface area contributed by atoms with Crippen LogP contribution in [-0.2, 0) is 32.6 Å². The van der Waals surface area contributed by atoms with Crippen molar-refractivity contribution in [3.63, 3.8) is 0 Å². The summed E-state index contributed by atoms with van der Waals surface area (Å²) in [6.07, 6.45) is 1.73. The van der Waals surface area contributed by atoms with Crippen molar-refractivity contribution in [2.75, 3.05) is 38.7 Å². The first-order valence-corrected chi connectivity index (χ1v) is 18.6. The molecule has 1 N–H and O–H groups in total. The van der Waals surface area contributed by atoms with Crippen molar-refractivity contribution in [3.8, 4) is 17.2 Å². The van der Waals surface area contributed by atoms with Gasteiger partial charge < -0.3 is 24.4 Å². The van der Waals surface area contributed by atoms with Crippen molar-refractivity contribution in [1.29, 1.82) is 0 Å². The normalized spacial score (nSPS) is 11.7. The molecule has 0 fully saturated rings. The van der Waals surface area contributed by atoms with E-state index in [1.165, 1.54) is 56.6 Å². The van der Waals surface area contributed by atoms with Gasteiger partial charge in [-0.2, -0.15) is 0 Å². The lowest BCUT2D eigenvalue weighted by molar-refractivity contribution is -0.140. The van der Waals surface area contributed by atoms with E-state index in [-0.39, 0.29) is 45.1 Å². The number of carbonyl (C=O) groups is 2. The summed E-state index contributed by atoms with van der Waals surface area (Å²) in [5.41, 5.74) is 1.38. The molecule has 0 saturated heterocycles. The maximum atomic E-state index is 14.8. The zero-order valence-corrected chi connectivity index (χ0v) is 31.8. The number of hydrogen-bond acceptors (Lipinski definition) is 7. The number of methoxy groups -OCH3 is 3. The van der Waals surface area contributed by atoms with Gasteiger partial charge in [0, 0.05) is 30.6 Å². The van der Waals surface area contributed by atoms with Crippen LogP contribution in [0.2, 0.25) is 15.1 Å². The summed E-state index contributed by atoms with van der Waals surface area (Å²) in [6, 6.07) is 21.7. The molecule has 4 aromatic carbocycles. The fourth-order valence-corrected chi connectivity index (χ4v) is 7.29. The Labute approximate surface area is 314 Å². The minimum absolute atomic E-state index is 0.00892. The number of sulfonamides is 1. The fraction of sp³-hybridized carbons (Fsp3) is 0.297. The van der Waals surface area contributed by atoms with Gasteiger partial charge in [0.1, 0.15) is 18.3 Å². The molecule has 10 nitrogen and oxygen atoms in total. The SMILES string of the molecule is CCCCNC(=O)C(Cc1ccccc1)N(Cc1ccc(Cl)c(Cl)c1)C(=O)CN(c1cc(Cl)ccc1OC)S(=O)(=O)c1ccc(OC)c(OC)c1. The zero-order valence-electron chi connectivity index (χ0n) is 28.7. The van der Waals surface area contributed by atoms with E-state index in [0.717, 1.165) is 22.7 Å². The van der Waals surface area contributed by atoms with Gasteiger partial charge in [0.05, 0.1) is 42.0 Å². The van der Waals surface area contributed by atoms with Gasteiger partial charge in [-0.3, -0.25) is 13.9 Å². The van der Waals surface area contributed by atoms with E-state index in [1.54, 1.807) is 24.3 Å². The molecule has 272 valence electrons.